The summed E-state index contributed by atoms with van der Waals surface area (Å²) in [6.07, 6.45) is 0. The molecule has 8 nitrogen and oxygen atoms in total. The Morgan fingerprint density at radius 2 is 1.77 bits per heavy atom. The topological polar surface area (TPSA) is 111 Å². The highest BCUT2D eigenvalue weighted by Crippen LogP contribution is 2.18. The van der Waals surface area contributed by atoms with Gasteiger partial charge in [0.15, 0.2) is 6.61 Å². The van der Waals surface area contributed by atoms with Crippen molar-refractivity contribution in [3.63, 3.8) is 0 Å². The van der Waals surface area contributed by atoms with Crippen LogP contribution in [-0.2, 0) is 9.59 Å². The molecule has 2 amide bonds. The highest BCUT2D eigenvalue weighted by Gasteiger charge is 2.09. The van der Waals surface area contributed by atoms with Crippen LogP contribution >= 0.6 is 0 Å². The Bertz CT molecular complexity index is 803. The molecule has 0 fully saturated rings. The molecule has 0 aliphatic heterocycles. The first-order valence-corrected chi connectivity index (χ1v) is 7.93. The van der Waals surface area contributed by atoms with Crippen molar-refractivity contribution in [2.45, 2.75) is 13.8 Å². The zero-order chi connectivity index (χ0) is 19.1. The molecular weight excluding hydrogens is 338 g/mol. The SMILES string of the molecule is CC(C)C(=O)Nc1cccc(OCC(=O)Nc2ccc([N+](=O)[O-])cc2)c1. The summed E-state index contributed by atoms with van der Waals surface area (Å²) < 4.78 is 5.41. The van der Waals surface area contributed by atoms with Gasteiger partial charge in [0.25, 0.3) is 11.6 Å². The lowest BCUT2D eigenvalue weighted by atomic mass is 10.2. The molecular formula is C18H19N3O5. The Labute approximate surface area is 150 Å². The summed E-state index contributed by atoms with van der Waals surface area (Å²) in [5.41, 5.74) is 0.957. The molecule has 2 rings (SSSR count). The summed E-state index contributed by atoms with van der Waals surface area (Å²) in [4.78, 5) is 33.7. The summed E-state index contributed by atoms with van der Waals surface area (Å²) in [7, 11) is 0. The lowest BCUT2D eigenvalue weighted by Gasteiger charge is -2.10. The number of benzene rings is 2. The van der Waals surface area contributed by atoms with Crippen molar-refractivity contribution in [2.75, 3.05) is 17.2 Å². The van der Waals surface area contributed by atoms with Gasteiger partial charge in [0, 0.05) is 35.5 Å². The third kappa shape index (κ3) is 5.59. The monoisotopic (exact) mass is 357 g/mol. The van der Waals surface area contributed by atoms with Gasteiger partial charge in [-0.05, 0) is 24.3 Å². The summed E-state index contributed by atoms with van der Waals surface area (Å²) >= 11 is 0. The molecule has 0 bridgehead atoms. The molecule has 136 valence electrons. The number of anilines is 2. The first kappa shape index (κ1) is 18.9. The minimum atomic E-state index is -0.514. The van der Waals surface area contributed by atoms with Gasteiger partial charge < -0.3 is 15.4 Å². The van der Waals surface area contributed by atoms with Crippen LogP contribution in [0.1, 0.15) is 13.8 Å². The van der Waals surface area contributed by atoms with E-state index < -0.39 is 10.8 Å². The van der Waals surface area contributed by atoms with Gasteiger partial charge in [0.05, 0.1) is 4.92 Å². The van der Waals surface area contributed by atoms with E-state index in [4.69, 9.17) is 4.74 Å². The predicted molar refractivity (Wildman–Crippen MR) is 97.1 cm³/mol. The third-order valence-electron chi connectivity index (χ3n) is 3.36. The third-order valence-corrected chi connectivity index (χ3v) is 3.36. The van der Waals surface area contributed by atoms with Gasteiger partial charge in [0.1, 0.15) is 5.75 Å². The summed E-state index contributed by atoms with van der Waals surface area (Å²) in [5, 5.41) is 15.9. The van der Waals surface area contributed by atoms with E-state index in [9.17, 15) is 19.7 Å². The minimum absolute atomic E-state index is 0.0560. The first-order chi connectivity index (χ1) is 12.3. The number of carbonyl (C=O) groups excluding carboxylic acids is 2. The number of hydrogen-bond donors (Lipinski definition) is 2. The van der Waals surface area contributed by atoms with Gasteiger partial charge >= 0.3 is 0 Å². The second-order valence-corrected chi connectivity index (χ2v) is 5.81. The minimum Gasteiger partial charge on any atom is -0.484 e. The predicted octanol–water partition coefficient (Wildman–Crippen LogP) is 3.21. The Hall–Kier alpha value is -3.42. The Kier molecular flexibility index (Phi) is 6.26. The number of amides is 2. The number of hydrogen-bond acceptors (Lipinski definition) is 5. The molecule has 0 saturated carbocycles. The molecule has 26 heavy (non-hydrogen) atoms. The van der Waals surface area contributed by atoms with E-state index in [-0.39, 0.29) is 24.1 Å². The number of nitrogens with zero attached hydrogens (tertiary/aromatic N) is 1. The van der Waals surface area contributed by atoms with E-state index in [1.54, 1.807) is 38.1 Å². The number of ether oxygens (including phenoxy) is 1. The van der Waals surface area contributed by atoms with Crippen molar-refractivity contribution >= 4 is 28.9 Å². The van der Waals surface area contributed by atoms with Crippen LogP contribution in [0.3, 0.4) is 0 Å². The standard InChI is InChI=1S/C18H19N3O5/c1-12(2)18(23)20-14-4-3-5-16(10-14)26-11-17(22)19-13-6-8-15(9-7-13)21(24)25/h3-10,12H,11H2,1-2H3,(H,19,22)(H,20,23). The number of nitro groups is 1. The van der Waals surface area contributed by atoms with Crippen LogP contribution in [0.2, 0.25) is 0 Å². The average molecular weight is 357 g/mol. The Balaban J connectivity index is 1.88. The van der Waals surface area contributed by atoms with E-state index in [1.807, 2.05) is 0 Å². The Morgan fingerprint density at radius 3 is 2.38 bits per heavy atom. The molecule has 0 aliphatic rings. The number of non-ortho nitro benzene ring substituents is 1. The van der Waals surface area contributed by atoms with Crippen molar-refractivity contribution in [1.82, 2.24) is 0 Å². The lowest BCUT2D eigenvalue weighted by Crippen LogP contribution is -2.20. The molecule has 0 unspecified atom stereocenters. The van der Waals surface area contributed by atoms with Crippen molar-refractivity contribution in [1.29, 1.82) is 0 Å². The van der Waals surface area contributed by atoms with Crippen LogP contribution in [0.4, 0.5) is 17.1 Å². The molecule has 2 N–H and O–H groups in total. The van der Waals surface area contributed by atoms with Gasteiger partial charge in [-0.2, -0.15) is 0 Å². The number of rotatable bonds is 7. The van der Waals surface area contributed by atoms with Gasteiger partial charge in [-0.1, -0.05) is 19.9 Å². The first-order valence-electron chi connectivity index (χ1n) is 7.93. The van der Waals surface area contributed by atoms with Crippen molar-refractivity contribution < 1.29 is 19.2 Å². The van der Waals surface area contributed by atoms with Crippen LogP contribution < -0.4 is 15.4 Å². The molecule has 0 heterocycles. The van der Waals surface area contributed by atoms with Crippen LogP contribution in [-0.4, -0.2) is 23.3 Å². The van der Waals surface area contributed by atoms with Crippen LogP contribution in [0.25, 0.3) is 0 Å². The summed E-state index contributed by atoms with van der Waals surface area (Å²) in [6, 6.07) is 12.2. The highest BCUT2D eigenvalue weighted by atomic mass is 16.6. The maximum atomic E-state index is 11.9. The van der Waals surface area contributed by atoms with Gasteiger partial charge in [-0.25, -0.2) is 0 Å². The van der Waals surface area contributed by atoms with Crippen LogP contribution in [0.5, 0.6) is 5.75 Å². The second kappa shape index (κ2) is 8.61. The molecule has 0 saturated heterocycles. The number of carbonyl (C=O) groups is 2. The molecule has 0 radical (unpaired) electrons. The second-order valence-electron chi connectivity index (χ2n) is 5.81. The quantitative estimate of drug-likeness (QED) is 0.584. The maximum Gasteiger partial charge on any atom is 0.269 e. The Morgan fingerprint density at radius 1 is 1.08 bits per heavy atom. The van der Waals surface area contributed by atoms with Crippen molar-refractivity contribution in [2.24, 2.45) is 5.92 Å². The van der Waals surface area contributed by atoms with Crippen LogP contribution in [0, 0.1) is 16.0 Å². The molecule has 2 aromatic carbocycles. The maximum absolute atomic E-state index is 11.9. The van der Waals surface area contributed by atoms with E-state index in [0.29, 0.717) is 17.1 Å². The lowest BCUT2D eigenvalue weighted by molar-refractivity contribution is -0.384. The molecule has 0 aliphatic carbocycles. The van der Waals surface area contributed by atoms with Crippen molar-refractivity contribution in [3.05, 3.63) is 58.6 Å². The normalized spacial score (nSPS) is 10.3. The zero-order valence-electron chi connectivity index (χ0n) is 14.4. The summed E-state index contributed by atoms with van der Waals surface area (Å²) in [6.45, 7) is 3.34. The van der Waals surface area contributed by atoms with Gasteiger partial charge in [0.2, 0.25) is 5.91 Å². The van der Waals surface area contributed by atoms with E-state index in [0.717, 1.165) is 0 Å². The molecule has 8 heteroatoms. The highest BCUT2D eigenvalue weighted by molar-refractivity contribution is 5.93. The molecule has 0 atom stereocenters. The fraction of sp³-hybridized carbons (Fsp3) is 0.222. The fourth-order valence-corrected chi connectivity index (χ4v) is 1.96. The molecule has 0 spiro atoms. The van der Waals surface area contributed by atoms with Crippen LogP contribution in [0.15, 0.2) is 48.5 Å². The van der Waals surface area contributed by atoms with E-state index >= 15 is 0 Å². The van der Waals surface area contributed by atoms with E-state index in [1.165, 1.54) is 24.3 Å². The molecule has 2 aromatic rings. The smallest absolute Gasteiger partial charge is 0.269 e. The fourth-order valence-electron chi connectivity index (χ4n) is 1.96. The van der Waals surface area contributed by atoms with Gasteiger partial charge in [-0.15, -0.1) is 0 Å². The number of nitrogens with one attached hydrogen (secondary N) is 2. The average Bonchev–Trinajstić information content (AvgIpc) is 2.60. The zero-order valence-corrected chi connectivity index (χ0v) is 14.4. The summed E-state index contributed by atoms with van der Waals surface area (Å²) in [5.74, 6) is -0.231. The largest absolute Gasteiger partial charge is 0.484 e. The number of nitro benzene ring substituents is 1. The van der Waals surface area contributed by atoms with Crippen molar-refractivity contribution in [3.8, 4) is 5.75 Å². The molecule has 0 aromatic heterocycles. The van der Waals surface area contributed by atoms with Gasteiger partial charge in [-0.3, -0.25) is 19.7 Å². The van der Waals surface area contributed by atoms with E-state index in [2.05, 4.69) is 10.6 Å².